The number of hydrogen-bond acceptors (Lipinski definition) is 4. The third-order valence-electron chi connectivity index (χ3n) is 3.16. The minimum Gasteiger partial charge on any atom is -0.489 e. The van der Waals surface area contributed by atoms with Gasteiger partial charge in [0.15, 0.2) is 0 Å². The quantitative estimate of drug-likeness (QED) is 0.655. The molecule has 0 unspecified atom stereocenters. The molecule has 2 aromatic carbocycles. The van der Waals surface area contributed by atoms with Crippen molar-refractivity contribution in [3.8, 4) is 5.75 Å². The van der Waals surface area contributed by atoms with Gasteiger partial charge in [0, 0.05) is 13.1 Å². The van der Waals surface area contributed by atoms with E-state index in [0.717, 1.165) is 24.4 Å². The Hall–Kier alpha value is -1.59. The number of rotatable bonds is 10. The third kappa shape index (κ3) is 8.00. The van der Waals surface area contributed by atoms with Crippen LogP contribution < -0.4 is 10.1 Å². The Kier molecular flexibility index (Phi) is 10.1. The van der Waals surface area contributed by atoms with E-state index in [2.05, 4.69) is 29.6 Å². The van der Waals surface area contributed by atoms with Crippen LogP contribution in [0.15, 0.2) is 54.6 Å². The second kappa shape index (κ2) is 11.9. The second-order valence-electron chi connectivity index (χ2n) is 4.93. The smallest absolute Gasteiger partial charge is 0.119 e. The van der Waals surface area contributed by atoms with Gasteiger partial charge in [-0.2, -0.15) is 0 Å². The summed E-state index contributed by atoms with van der Waals surface area (Å²) in [5.41, 5.74) is 2.37. The Morgan fingerprint density at radius 3 is 2.30 bits per heavy atom. The molecular formula is C18H24ClNO3. The monoisotopic (exact) mass is 337 g/mol. The van der Waals surface area contributed by atoms with E-state index < -0.39 is 0 Å². The van der Waals surface area contributed by atoms with Crippen molar-refractivity contribution in [1.82, 2.24) is 5.32 Å². The molecule has 0 aliphatic heterocycles. The van der Waals surface area contributed by atoms with Crippen LogP contribution in [0.1, 0.15) is 11.1 Å². The fourth-order valence-corrected chi connectivity index (χ4v) is 1.99. The van der Waals surface area contributed by atoms with Gasteiger partial charge < -0.3 is 19.9 Å². The van der Waals surface area contributed by atoms with Crippen molar-refractivity contribution in [2.24, 2.45) is 0 Å². The molecule has 0 atom stereocenters. The van der Waals surface area contributed by atoms with E-state index in [4.69, 9.17) is 14.6 Å². The van der Waals surface area contributed by atoms with Crippen molar-refractivity contribution < 1.29 is 14.6 Å². The topological polar surface area (TPSA) is 50.7 Å². The maximum Gasteiger partial charge on any atom is 0.119 e. The third-order valence-corrected chi connectivity index (χ3v) is 3.16. The van der Waals surface area contributed by atoms with Crippen LogP contribution in [0.5, 0.6) is 5.75 Å². The molecule has 4 nitrogen and oxygen atoms in total. The molecule has 0 saturated heterocycles. The summed E-state index contributed by atoms with van der Waals surface area (Å²) in [6.45, 7) is 3.23. The summed E-state index contributed by atoms with van der Waals surface area (Å²) in [5.74, 6) is 0.874. The number of aliphatic hydroxyl groups is 1. The van der Waals surface area contributed by atoms with Gasteiger partial charge in [0.25, 0.3) is 0 Å². The molecule has 0 spiro atoms. The highest BCUT2D eigenvalue weighted by molar-refractivity contribution is 5.85. The van der Waals surface area contributed by atoms with Crippen molar-refractivity contribution in [1.29, 1.82) is 0 Å². The summed E-state index contributed by atoms with van der Waals surface area (Å²) in [7, 11) is 0. The molecule has 5 heteroatoms. The van der Waals surface area contributed by atoms with E-state index in [1.54, 1.807) is 0 Å². The number of benzene rings is 2. The minimum atomic E-state index is 0. The Balaban J connectivity index is 0.00000264. The molecule has 0 aliphatic carbocycles. The molecule has 23 heavy (non-hydrogen) atoms. The molecule has 0 bridgehead atoms. The van der Waals surface area contributed by atoms with Gasteiger partial charge >= 0.3 is 0 Å². The summed E-state index contributed by atoms with van der Waals surface area (Å²) in [4.78, 5) is 0. The first-order valence-electron chi connectivity index (χ1n) is 7.53. The number of ether oxygens (including phenoxy) is 2. The molecule has 0 aliphatic rings. The lowest BCUT2D eigenvalue weighted by molar-refractivity contribution is 0.0938. The van der Waals surface area contributed by atoms with Crippen molar-refractivity contribution in [3.05, 3.63) is 65.7 Å². The Morgan fingerprint density at radius 1 is 0.870 bits per heavy atom. The predicted octanol–water partition coefficient (Wildman–Crippen LogP) is 2.79. The van der Waals surface area contributed by atoms with E-state index in [9.17, 15) is 0 Å². The van der Waals surface area contributed by atoms with Crippen molar-refractivity contribution in [3.63, 3.8) is 0 Å². The van der Waals surface area contributed by atoms with Crippen LogP contribution in [0.3, 0.4) is 0 Å². The molecule has 0 fully saturated rings. The van der Waals surface area contributed by atoms with Gasteiger partial charge in [0.1, 0.15) is 12.4 Å². The number of halogens is 1. The summed E-state index contributed by atoms with van der Waals surface area (Å²) in [6.07, 6.45) is 0. The van der Waals surface area contributed by atoms with Gasteiger partial charge in [-0.05, 0) is 23.3 Å². The maximum atomic E-state index is 8.59. The highest BCUT2D eigenvalue weighted by Crippen LogP contribution is 2.14. The zero-order valence-corrected chi connectivity index (χ0v) is 13.9. The highest BCUT2D eigenvalue weighted by Gasteiger charge is 1.97. The van der Waals surface area contributed by atoms with Gasteiger partial charge in [0.05, 0.1) is 19.8 Å². The lowest BCUT2D eigenvalue weighted by Gasteiger charge is -2.08. The average Bonchev–Trinajstić information content (AvgIpc) is 2.58. The molecular weight excluding hydrogens is 314 g/mol. The minimum absolute atomic E-state index is 0. The zero-order valence-electron chi connectivity index (χ0n) is 13.1. The molecule has 2 N–H and O–H groups in total. The first-order chi connectivity index (χ1) is 10.9. The van der Waals surface area contributed by atoms with Gasteiger partial charge in [0.2, 0.25) is 0 Å². The molecule has 2 rings (SSSR count). The van der Waals surface area contributed by atoms with E-state index >= 15 is 0 Å². The Morgan fingerprint density at radius 2 is 1.61 bits per heavy atom. The van der Waals surface area contributed by atoms with Crippen LogP contribution >= 0.6 is 12.4 Å². The van der Waals surface area contributed by atoms with Crippen molar-refractivity contribution in [2.75, 3.05) is 26.4 Å². The van der Waals surface area contributed by atoms with Crippen LogP contribution in [0.2, 0.25) is 0 Å². The number of nitrogens with one attached hydrogen (secondary N) is 1. The summed E-state index contributed by atoms with van der Waals surface area (Å²) < 4.78 is 10.9. The van der Waals surface area contributed by atoms with E-state index in [0.29, 0.717) is 19.8 Å². The maximum absolute atomic E-state index is 8.59. The fourth-order valence-electron chi connectivity index (χ4n) is 1.99. The van der Waals surface area contributed by atoms with E-state index in [1.807, 2.05) is 30.3 Å². The van der Waals surface area contributed by atoms with Gasteiger partial charge in [-0.15, -0.1) is 12.4 Å². The van der Waals surface area contributed by atoms with Crippen LogP contribution in [0, 0.1) is 0 Å². The van der Waals surface area contributed by atoms with Gasteiger partial charge in [-0.3, -0.25) is 0 Å². The van der Waals surface area contributed by atoms with Crippen LogP contribution in [0.4, 0.5) is 0 Å². The summed E-state index contributed by atoms with van der Waals surface area (Å²) in [5, 5.41) is 11.9. The van der Waals surface area contributed by atoms with E-state index in [-0.39, 0.29) is 19.0 Å². The molecule has 0 aromatic heterocycles. The van der Waals surface area contributed by atoms with Crippen molar-refractivity contribution in [2.45, 2.75) is 13.2 Å². The van der Waals surface area contributed by atoms with Crippen LogP contribution in [0.25, 0.3) is 0 Å². The molecule has 2 aromatic rings. The van der Waals surface area contributed by atoms with E-state index in [1.165, 1.54) is 5.56 Å². The first kappa shape index (κ1) is 19.5. The predicted molar refractivity (Wildman–Crippen MR) is 94.1 cm³/mol. The largest absolute Gasteiger partial charge is 0.489 e. The summed E-state index contributed by atoms with van der Waals surface area (Å²) in [6, 6.07) is 18.2. The van der Waals surface area contributed by atoms with Crippen LogP contribution in [-0.4, -0.2) is 31.5 Å². The Labute approximate surface area is 143 Å². The lowest BCUT2D eigenvalue weighted by atomic mass is 10.2. The number of aliphatic hydroxyl groups excluding tert-OH is 1. The highest BCUT2D eigenvalue weighted by atomic mass is 35.5. The molecule has 0 heterocycles. The van der Waals surface area contributed by atoms with Gasteiger partial charge in [-0.1, -0.05) is 42.5 Å². The normalized spacial score (nSPS) is 10.1. The summed E-state index contributed by atoms with van der Waals surface area (Å²) >= 11 is 0. The molecule has 0 radical (unpaired) electrons. The standard InChI is InChI=1S/C18H23NO3.ClH/c20-11-13-21-12-10-19-14-16-6-8-18(9-7-16)22-15-17-4-2-1-3-5-17;/h1-9,19-20H,10-15H2;1H. The molecule has 126 valence electrons. The lowest BCUT2D eigenvalue weighted by Crippen LogP contribution is -2.19. The molecule has 0 saturated carbocycles. The SMILES string of the molecule is Cl.OCCOCCNCc1ccc(OCc2ccccc2)cc1. The Bertz CT molecular complexity index is 520. The fraction of sp³-hybridized carbons (Fsp3) is 0.333. The number of hydrogen-bond donors (Lipinski definition) is 2. The van der Waals surface area contributed by atoms with Crippen LogP contribution in [-0.2, 0) is 17.9 Å². The van der Waals surface area contributed by atoms with Gasteiger partial charge in [-0.25, -0.2) is 0 Å². The first-order valence-corrected chi connectivity index (χ1v) is 7.53. The van der Waals surface area contributed by atoms with Crippen molar-refractivity contribution >= 4 is 12.4 Å². The second-order valence-corrected chi connectivity index (χ2v) is 4.93. The zero-order chi connectivity index (χ0) is 15.5. The molecule has 0 amide bonds. The average molecular weight is 338 g/mol.